The van der Waals surface area contributed by atoms with Gasteiger partial charge in [0.25, 0.3) is 0 Å². The number of oxazole rings is 1. The molecule has 1 amide bonds. The molecule has 0 atom stereocenters. The molecular weight excluding hydrogens is 196 g/mol. The fourth-order valence-electron chi connectivity index (χ4n) is 0.994. The van der Waals surface area contributed by atoms with E-state index in [9.17, 15) is 4.79 Å². The lowest BCUT2D eigenvalue weighted by Crippen LogP contribution is -2.16. The van der Waals surface area contributed by atoms with Crippen LogP contribution in [0.4, 0.5) is 10.8 Å². The molecular formula is C10H8N2O3. The SMILES string of the molecule is O=C(Nc1ncco1)Oc1ccccc1. The zero-order chi connectivity index (χ0) is 10.5. The maximum absolute atomic E-state index is 11.2. The summed E-state index contributed by atoms with van der Waals surface area (Å²) < 4.78 is 9.76. The Labute approximate surface area is 85.7 Å². The number of aromatic nitrogens is 1. The summed E-state index contributed by atoms with van der Waals surface area (Å²) in [6, 6.07) is 8.83. The molecule has 1 N–H and O–H groups in total. The van der Waals surface area contributed by atoms with Crippen molar-refractivity contribution in [3.63, 3.8) is 0 Å². The highest BCUT2D eigenvalue weighted by Gasteiger charge is 2.06. The lowest BCUT2D eigenvalue weighted by Gasteiger charge is -2.02. The maximum Gasteiger partial charge on any atom is 0.420 e. The first kappa shape index (κ1) is 9.26. The Morgan fingerprint density at radius 1 is 1.33 bits per heavy atom. The third-order valence-electron chi connectivity index (χ3n) is 1.60. The molecule has 0 aliphatic rings. The second kappa shape index (κ2) is 4.28. The number of amides is 1. The zero-order valence-electron chi connectivity index (χ0n) is 7.71. The van der Waals surface area contributed by atoms with Crippen LogP contribution in [0.25, 0.3) is 0 Å². The summed E-state index contributed by atoms with van der Waals surface area (Å²) in [4.78, 5) is 15.0. The van der Waals surface area contributed by atoms with Gasteiger partial charge in [-0.25, -0.2) is 15.1 Å². The molecule has 0 radical (unpaired) electrons. The molecule has 15 heavy (non-hydrogen) atoms. The Balaban J connectivity index is 1.94. The second-order valence-corrected chi connectivity index (χ2v) is 2.66. The molecule has 0 fully saturated rings. The van der Waals surface area contributed by atoms with Crippen molar-refractivity contribution in [1.29, 1.82) is 0 Å². The van der Waals surface area contributed by atoms with E-state index >= 15 is 0 Å². The fourth-order valence-corrected chi connectivity index (χ4v) is 0.994. The predicted molar refractivity (Wildman–Crippen MR) is 52.6 cm³/mol. The largest absolute Gasteiger partial charge is 0.432 e. The Hall–Kier alpha value is -2.30. The van der Waals surface area contributed by atoms with Crippen molar-refractivity contribution < 1.29 is 13.9 Å². The smallest absolute Gasteiger partial charge is 0.420 e. The van der Waals surface area contributed by atoms with Crippen LogP contribution in [0.2, 0.25) is 0 Å². The maximum atomic E-state index is 11.2. The zero-order valence-corrected chi connectivity index (χ0v) is 7.71. The number of hydrogen-bond acceptors (Lipinski definition) is 4. The molecule has 1 aromatic carbocycles. The summed E-state index contributed by atoms with van der Waals surface area (Å²) >= 11 is 0. The van der Waals surface area contributed by atoms with Crippen molar-refractivity contribution in [1.82, 2.24) is 4.98 Å². The summed E-state index contributed by atoms with van der Waals surface area (Å²) in [7, 11) is 0. The van der Waals surface area contributed by atoms with E-state index in [0.717, 1.165) is 0 Å². The molecule has 0 saturated carbocycles. The summed E-state index contributed by atoms with van der Waals surface area (Å²) in [5.41, 5.74) is 0. The summed E-state index contributed by atoms with van der Waals surface area (Å²) in [5, 5.41) is 2.33. The second-order valence-electron chi connectivity index (χ2n) is 2.66. The monoisotopic (exact) mass is 204 g/mol. The van der Waals surface area contributed by atoms with Gasteiger partial charge in [0.05, 0.1) is 6.20 Å². The summed E-state index contributed by atoms with van der Waals surface area (Å²) in [6.07, 6.45) is 2.15. The van der Waals surface area contributed by atoms with Crippen molar-refractivity contribution in [3.8, 4) is 5.75 Å². The van der Waals surface area contributed by atoms with E-state index in [0.29, 0.717) is 5.75 Å². The van der Waals surface area contributed by atoms with Gasteiger partial charge in [-0.05, 0) is 12.1 Å². The van der Waals surface area contributed by atoms with Gasteiger partial charge < -0.3 is 9.15 Å². The van der Waals surface area contributed by atoms with Crippen molar-refractivity contribution in [3.05, 3.63) is 42.8 Å². The number of anilines is 1. The van der Waals surface area contributed by atoms with Gasteiger partial charge in [-0.15, -0.1) is 0 Å². The lowest BCUT2D eigenvalue weighted by atomic mass is 10.3. The van der Waals surface area contributed by atoms with Gasteiger partial charge in [0.2, 0.25) is 0 Å². The van der Waals surface area contributed by atoms with Crippen molar-refractivity contribution in [2.24, 2.45) is 0 Å². The van der Waals surface area contributed by atoms with E-state index in [-0.39, 0.29) is 6.01 Å². The quantitative estimate of drug-likeness (QED) is 0.815. The normalized spacial score (nSPS) is 9.60. The van der Waals surface area contributed by atoms with Crippen LogP contribution >= 0.6 is 0 Å². The van der Waals surface area contributed by atoms with Crippen molar-refractivity contribution >= 4 is 12.1 Å². The molecule has 1 aromatic heterocycles. The van der Waals surface area contributed by atoms with Crippen LogP contribution in [0.1, 0.15) is 0 Å². The van der Waals surface area contributed by atoms with Crippen molar-refractivity contribution in [2.45, 2.75) is 0 Å². The third kappa shape index (κ3) is 2.57. The highest BCUT2D eigenvalue weighted by Crippen LogP contribution is 2.09. The molecule has 2 rings (SSSR count). The van der Waals surface area contributed by atoms with Crippen LogP contribution in [0.15, 0.2) is 47.2 Å². The molecule has 2 aromatic rings. The van der Waals surface area contributed by atoms with Gasteiger partial charge in [0.1, 0.15) is 12.0 Å². The van der Waals surface area contributed by atoms with E-state index in [2.05, 4.69) is 10.3 Å². The minimum absolute atomic E-state index is 0.107. The fraction of sp³-hybridized carbons (Fsp3) is 0. The molecule has 0 spiro atoms. The average molecular weight is 204 g/mol. The van der Waals surface area contributed by atoms with Gasteiger partial charge in [-0.2, -0.15) is 0 Å². The van der Waals surface area contributed by atoms with E-state index in [1.165, 1.54) is 12.5 Å². The molecule has 0 bridgehead atoms. The minimum Gasteiger partial charge on any atom is -0.432 e. The predicted octanol–water partition coefficient (Wildman–Crippen LogP) is 2.29. The minimum atomic E-state index is -0.636. The summed E-state index contributed by atoms with van der Waals surface area (Å²) in [5.74, 6) is 0.460. The van der Waals surface area contributed by atoms with Crippen LogP contribution in [0, 0.1) is 0 Å². The standard InChI is InChI=1S/C10H8N2O3/c13-10(12-9-11-6-7-14-9)15-8-4-2-1-3-5-8/h1-7H,(H,11,12,13). The van der Waals surface area contributed by atoms with Gasteiger partial charge in [0, 0.05) is 0 Å². The number of nitrogens with zero attached hydrogens (tertiary/aromatic N) is 1. The number of benzene rings is 1. The van der Waals surface area contributed by atoms with Crippen LogP contribution in [0.3, 0.4) is 0 Å². The van der Waals surface area contributed by atoms with E-state index < -0.39 is 6.09 Å². The van der Waals surface area contributed by atoms with Gasteiger partial charge in [0.15, 0.2) is 0 Å². The summed E-state index contributed by atoms with van der Waals surface area (Å²) in [6.45, 7) is 0. The Morgan fingerprint density at radius 2 is 2.13 bits per heavy atom. The van der Waals surface area contributed by atoms with Crippen LogP contribution in [0.5, 0.6) is 5.75 Å². The molecule has 76 valence electrons. The highest BCUT2D eigenvalue weighted by molar-refractivity contribution is 5.83. The number of rotatable bonds is 2. The van der Waals surface area contributed by atoms with E-state index in [1.807, 2.05) is 6.07 Å². The molecule has 0 aliphatic heterocycles. The van der Waals surface area contributed by atoms with E-state index in [1.54, 1.807) is 24.3 Å². The average Bonchev–Trinajstić information content (AvgIpc) is 2.71. The van der Waals surface area contributed by atoms with Gasteiger partial charge in [-0.1, -0.05) is 18.2 Å². The first-order chi connectivity index (χ1) is 7.34. The number of nitrogens with one attached hydrogen (secondary N) is 1. The first-order valence-corrected chi connectivity index (χ1v) is 4.28. The third-order valence-corrected chi connectivity index (χ3v) is 1.60. The van der Waals surface area contributed by atoms with Crippen LogP contribution < -0.4 is 10.1 Å². The molecule has 5 heteroatoms. The van der Waals surface area contributed by atoms with Crippen molar-refractivity contribution in [2.75, 3.05) is 5.32 Å². The number of carbonyl (C=O) groups is 1. The van der Waals surface area contributed by atoms with Crippen LogP contribution in [-0.2, 0) is 0 Å². The van der Waals surface area contributed by atoms with Gasteiger partial charge in [-0.3, -0.25) is 0 Å². The molecule has 0 unspecified atom stereocenters. The highest BCUT2D eigenvalue weighted by atomic mass is 16.6. The lowest BCUT2D eigenvalue weighted by molar-refractivity contribution is 0.214. The molecule has 0 saturated heterocycles. The number of carbonyl (C=O) groups excluding carboxylic acids is 1. The topological polar surface area (TPSA) is 64.4 Å². The Bertz CT molecular complexity index is 425. The Morgan fingerprint density at radius 3 is 2.80 bits per heavy atom. The molecule has 0 aliphatic carbocycles. The Kier molecular flexibility index (Phi) is 2.64. The van der Waals surface area contributed by atoms with Crippen LogP contribution in [-0.4, -0.2) is 11.1 Å². The molecule has 1 heterocycles. The number of ether oxygens (including phenoxy) is 1. The van der Waals surface area contributed by atoms with E-state index in [4.69, 9.17) is 9.15 Å². The van der Waals surface area contributed by atoms with Gasteiger partial charge >= 0.3 is 12.1 Å². The first-order valence-electron chi connectivity index (χ1n) is 4.28. The molecule has 5 nitrogen and oxygen atoms in total. The number of hydrogen-bond donors (Lipinski definition) is 1. The number of para-hydroxylation sites is 1.